The van der Waals surface area contributed by atoms with Crippen LogP contribution in [0, 0.1) is 25.7 Å². The van der Waals surface area contributed by atoms with Gasteiger partial charge in [-0.2, -0.15) is 5.10 Å². The second kappa shape index (κ2) is 8.35. The SMILES string of the molecule is Cc1nn(-c2ccccc2)c(C)c1C(=O)NCC(C(=O)O)C1CCOCC1. The molecule has 0 aliphatic carbocycles. The number of rotatable bonds is 6. The fraction of sp³-hybridized carbons (Fsp3) is 0.450. The molecule has 1 aliphatic rings. The molecule has 7 heteroatoms. The molecule has 1 saturated heterocycles. The van der Waals surface area contributed by atoms with Crippen LogP contribution in [0.1, 0.15) is 34.6 Å². The minimum atomic E-state index is -0.879. The average molecular weight is 371 g/mol. The van der Waals surface area contributed by atoms with Gasteiger partial charge in [-0.3, -0.25) is 9.59 Å². The Kier molecular flexibility index (Phi) is 5.91. The maximum atomic E-state index is 12.8. The number of aromatic nitrogens is 2. The number of nitrogens with one attached hydrogen (secondary N) is 1. The summed E-state index contributed by atoms with van der Waals surface area (Å²) in [7, 11) is 0. The van der Waals surface area contributed by atoms with Crippen LogP contribution in [0.25, 0.3) is 5.69 Å². The van der Waals surface area contributed by atoms with E-state index >= 15 is 0 Å². The summed E-state index contributed by atoms with van der Waals surface area (Å²) in [6, 6.07) is 9.60. The standard InChI is InChI=1S/C20H25N3O4/c1-13-18(14(2)23(22-13)16-6-4-3-5-7-16)19(24)21-12-17(20(25)26)15-8-10-27-11-9-15/h3-7,15,17H,8-12H2,1-2H3,(H,21,24)(H,25,26). The van der Waals surface area contributed by atoms with E-state index in [0.29, 0.717) is 37.3 Å². The smallest absolute Gasteiger partial charge is 0.308 e. The highest BCUT2D eigenvalue weighted by Crippen LogP contribution is 2.24. The molecule has 7 nitrogen and oxygen atoms in total. The van der Waals surface area contributed by atoms with E-state index in [0.717, 1.165) is 11.4 Å². The van der Waals surface area contributed by atoms with Crippen molar-refractivity contribution in [2.75, 3.05) is 19.8 Å². The Balaban J connectivity index is 1.74. The van der Waals surface area contributed by atoms with Crippen molar-refractivity contribution in [1.82, 2.24) is 15.1 Å². The van der Waals surface area contributed by atoms with Gasteiger partial charge in [0.25, 0.3) is 5.91 Å². The first-order valence-corrected chi connectivity index (χ1v) is 9.19. The van der Waals surface area contributed by atoms with E-state index in [4.69, 9.17) is 4.74 Å². The Bertz CT molecular complexity index is 810. The van der Waals surface area contributed by atoms with Crippen LogP contribution in [0.2, 0.25) is 0 Å². The lowest BCUT2D eigenvalue weighted by Gasteiger charge is -2.27. The maximum absolute atomic E-state index is 12.8. The Labute approximate surface area is 158 Å². The Hall–Kier alpha value is -2.67. The van der Waals surface area contributed by atoms with Gasteiger partial charge in [0.05, 0.1) is 28.6 Å². The van der Waals surface area contributed by atoms with E-state index in [1.54, 1.807) is 11.6 Å². The summed E-state index contributed by atoms with van der Waals surface area (Å²) in [5.41, 5.74) is 2.72. The molecule has 1 unspecified atom stereocenters. The van der Waals surface area contributed by atoms with Crippen LogP contribution in [0.3, 0.4) is 0 Å². The molecular formula is C20H25N3O4. The molecule has 1 aliphatic heterocycles. The van der Waals surface area contributed by atoms with Gasteiger partial charge >= 0.3 is 5.97 Å². The Morgan fingerprint density at radius 2 is 1.93 bits per heavy atom. The molecule has 1 fully saturated rings. The van der Waals surface area contributed by atoms with Crippen LogP contribution in [-0.4, -0.2) is 46.5 Å². The van der Waals surface area contributed by atoms with Gasteiger partial charge in [-0.25, -0.2) is 4.68 Å². The molecule has 1 amide bonds. The van der Waals surface area contributed by atoms with Crippen LogP contribution in [0.15, 0.2) is 30.3 Å². The number of aryl methyl sites for hydroxylation is 1. The summed E-state index contributed by atoms with van der Waals surface area (Å²) in [4.78, 5) is 24.4. The first kappa shape index (κ1) is 19.1. The van der Waals surface area contributed by atoms with E-state index in [9.17, 15) is 14.7 Å². The number of carbonyl (C=O) groups is 2. The molecule has 27 heavy (non-hydrogen) atoms. The fourth-order valence-electron chi connectivity index (χ4n) is 3.66. The van der Waals surface area contributed by atoms with E-state index in [1.165, 1.54) is 0 Å². The van der Waals surface area contributed by atoms with Gasteiger partial charge in [-0.15, -0.1) is 0 Å². The quantitative estimate of drug-likeness (QED) is 0.813. The highest BCUT2D eigenvalue weighted by Gasteiger charge is 2.30. The molecule has 1 aromatic heterocycles. The zero-order valence-corrected chi connectivity index (χ0v) is 15.6. The average Bonchev–Trinajstić information content (AvgIpc) is 2.97. The van der Waals surface area contributed by atoms with E-state index in [1.807, 2.05) is 37.3 Å². The van der Waals surface area contributed by atoms with Crippen molar-refractivity contribution >= 4 is 11.9 Å². The van der Waals surface area contributed by atoms with Gasteiger partial charge in [0.2, 0.25) is 0 Å². The lowest BCUT2D eigenvalue weighted by atomic mass is 9.86. The second-order valence-electron chi connectivity index (χ2n) is 6.90. The summed E-state index contributed by atoms with van der Waals surface area (Å²) < 4.78 is 7.04. The maximum Gasteiger partial charge on any atom is 0.308 e. The number of carboxylic acid groups (broad SMARTS) is 1. The molecule has 3 rings (SSSR count). The minimum Gasteiger partial charge on any atom is -0.481 e. The number of carbonyl (C=O) groups excluding carboxylic acids is 1. The number of ether oxygens (including phenoxy) is 1. The van der Waals surface area contributed by atoms with Crippen molar-refractivity contribution in [2.45, 2.75) is 26.7 Å². The van der Waals surface area contributed by atoms with Crippen LogP contribution < -0.4 is 5.32 Å². The largest absolute Gasteiger partial charge is 0.481 e. The van der Waals surface area contributed by atoms with Gasteiger partial charge in [0.15, 0.2) is 0 Å². The summed E-state index contributed by atoms with van der Waals surface area (Å²) in [6.07, 6.45) is 1.41. The van der Waals surface area contributed by atoms with E-state index in [2.05, 4.69) is 10.4 Å². The van der Waals surface area contributed by atoms with Crippen molar-refractivity contribution in [2.24, 2.45) is 11.8 Å². The van der Waals surface area contributed by atoms with Crippen LogP contribution in [-0.2, 0) is 9.53 Å². The van der Waals surface area contributed by atoms with Crippen LogP contribution in [0.5, 0.6) is 0 Å². The number of amides is 1. The van der Waals surface area contributed by atoms with Crippen molar-refractivity contribution in [3.8, 4) is 5.69 Å². The van der Waals surface area contributed by atoms with Gasteiger partial charge in [-0.1, -0.05) is 18.2 Å². The second-order valence-corrected chi connectivity index (χ2v) is 6.90. The van der Waals surface area contributed by atoms with Crippen molar-refractivity contribution < 1.29 is 19.4 Å². The number of hydrogen-bond donors (Lipinski definition) is 2. The van der Waals surface area contributed by atoms with Crippen LogP contribution in [0.4, 0.5) is 0 Å². The third-order valence-corrected chi connectivity index (χ3v) is 5.15. The monoisotopic (exact) mass is 371 g/mol. The van der Waals surface area contributed by atoms with E-state index < -0.39 is 11.9 Å². The topological polar surface area (TPSA) is 93.5 Å². The molecule has 0 bridgehead atoms. The third-order valence-electron chi connectivity index (χ3n) is 5.15. The number of nitrogens with zero attached hydrogens (tertiary/aromatic N) is 2. The van der Waals surface area contributed by atoms with Gasteiger partial charge < -0.3 is 15.2 Å². The highest BCUT2D eigenvalue weighted by molar-refractivity contribution is 5.96. The van der Waals surface area contributed by atoms with E-state index in [-0.39, 0.29) is 18.4 Å². The minimum absolute atomic E-state index is 0.0192. The number of benzene rings is 1. The molecular weight excluding hydrogens is 346 g/mol. The zero-order valence-electron chi connectivity index (χ0n) is 15.6. The third kappa shape index (κ3) is 4.19. The summed E-state index contributed by atoms with van der Waals surface area (Å²) in [5.74, 6) is -1.76. The summed E-state index contributed by atoms with van der Waals surface area (Å²) >= 11 is 0. The van der Waals surface area contributed by atoms with Crippen molar-refractivity contribution in [3.05, 3.63) is 47.3 Å². The summed E-state index contributed by atoms with van der Waals surface area (Å²) in [5, 5.41) is 16.8. The molecule has 0 saturated carbocycles. The Morgan fingerprint density at radius 1 is 1.26 bits per heavy atom. The van der Waals surface area contributed by atoms with Gasteiger partial charge in [0.1, 0.15) is 0 Å². The molecule has 0 radical (unpaired) electrons. The highest BCUT2D eigenvalue weighted by atomic mass is 16.5. The molecule has 2 aromatic rings. The first-order valence-electron chi connectivity index (χ1n) is 9.19. The first-order chi connectivity index (χ1) is 13.0. The summed E-state index contributed by atoms with van der Waals surface area (Å²) in [6.45, 7) is 4.88. The number of hydrogen-bond acceptors (Lipinski definition) is 4. The normalized spacial score (nSPS) is 16.1. The lowest BCUT2D eigenvalue weighted by Crippen LogP contribution is -2.39. The molecule has 144 valence electrons. The Morgan fingerprint density at radius 3 is 2.56 bits per heavy atom. The van der Waals surface area contributed by atoms with Crippen LogP contribution >= 0.6 is 0 Å². The van der Waals surface area contributed by atoms with Crippen molar-refractivity contribution in [3.63, 3.8) is 0 Å². The predicted molar refractivity (Wildman–Crippen MR) is 100 cm³/mol. The van der Waals surface area contributed by atoms with Gasteiger partial charge in [-0.05, 0) is 44.7 Å². The molecule has 2 heterocycles. The van der Waals surface area contributed by atoms with Crippen molar-refractivity contribution in [1.29, 1.82) is 0 Å². The molecule has 1 atom stereocenters. The zero-order chi connectivity index (χ0) is 19.4. The lowest BCUT2D eigenvalue weighted by molar-refractivity contribution is -0.144. The molecule has 2 N–H and O–H groups in total. The fourth-order valence-corrected chi connectivity index (χ4v) is 3.66. The number of para-hydroxylation sites is 1. The molecule has 1 aromatic carbocycles. The van der Waals surface area contributed by atoms with Gasteiger partial charge in [0, 0.05) is 19.8 Å². The number of aliphatic carboxylic acids is 1. The number of carboxylic acids is 1. The predicted octanol–water partition coefficient (Wildman–Crippen LogP) is 2.35. The molecule has 0 spiro atoms.